The predicted octanol–water partition coefficient (Wildman–Crippen LogP) is 1.54. The molecular weight excluding hydrogens is 330 g/mol. The molecule has 0 radical (unpaired) electrons. The van der Waals surface area contributed by atoms with Crippen molar-refractivity contribution in [2.45, 2.75) is 51.5 Å². The number of aromatic nitrogens is 2. The third-order valence-corrected chi connectivity index (χ3v) is 5.80. The van der Waals surface area contributed by atoms with E-state index in [1.807, 2.05) is 13.8 Å². The van der Waals surface area contributed by atoms with Crippen molar-refractivity contribution in [1.29, 1.82) is 0 Å². The van der Waals surface area contributed by atoms with Gasteiger partial charge < -0.3 is 5.32 Å². The van der Waals surface area contributed by atoms with E-state index in [1.165, 1.54) is 11.3 Å². The summed E-state index contributed by atoms with van der Waals surface area (Å²) < 4.78 is 0. The second kappa shape index (κ2) is 6.46. The van der Waals surface area contributed by atoms with Crippen LogP contribution in [0.4, 0.5) is 9.93 Å². The maximum atomic E-state index is 12.8. The number of amides is 4. The summed E-state index contributed by atoms with van der Waals surface area (Å²) in [5.41, 5.74) is -0.840. The summed E-state index contributed by atoms with van der Waals surface area (Å²) in [6, 6.07) is -0.490. The lowest BCUT2D eigenvalue weighted by molar-refractivity contribution is -0.136. The van der Waals surface area contributed by atoms with Gasteiger partial charge in [0.15, 0.2) is 0 Å². The number of nitrogens with zero attached hydrogens (tertiary/aromatic N) is 3. The monoisotopic (exact) mass is 351 g/mol. The highest BCUT2D eigenvalue weighted by atomic mass is 32.1. The number of urea groups is 1. The zero-order valence-electron chi connectivity index (χ0n) is 13.8. The molecule has 1 aromatic rings. The van der Waals surface area contributed by atoms with Gasteiger partial charge in [0.2, 0.25) is 11.0 Å². The molecule has 24 heavy (non-hydrogen) atoms. The van der Waals surface area contributed by atoms with Crippen molar-refractivity contribution >= 4 is 34.3 Å². The molecule has 1 spiro atoms. The lowest BCUT2D eigenvalue weighted by Gasteiger charge is -2.36. The van der Waals surface area contributed by atoms with Crippen molar-refractivity contribution in [3.05, 3.63) is 5.01 Å². The molecule has 0 bridgehead atoms. The molecule has 4 amide bonds. The Bertz CT molecular complexity index is 676. The van der Waals surface area contributed by atoms with Gasteiger partial charge in [-0.25, -0.2) is 4.79 Å². The predicted molar refractivity (Wildman–Crippen MR) is 88.5 cm³/mol. The Morgan fingerprint density at radius 1 is 1.42 bits per heavy atom. The van der Waals surface area contributed by atoms with Crippen LogP contribution in [0.2, 0.25) is 0 Å². The fraction of sp³-hybridized carbons (Fsp3) is 0.667. The topological polar surface area (TPSA) is 104 Å². The zero-order valence-corrected chi connectivity index (χ0v) is 14.6. The average Bonchev–Trinajstić information content (AvgIpc) is 3.09. The van der Waals surface area contributed by atoms with Crippen molar-refractivity contribution in [1.82, 2.24) is 20.4 Å². The highest BCUT2D eigenvalue weighted by molar-refractivity contribution is 7.15. The van der Waals surface area contributed by atoms with Gasteiger partial charge in [-0.15, -0.1) is 10.2 Å². The summed E-state index contributed by atoms with van der Waals surface area (Å²) in [6.45, 7) is 3.62. The summed E-state index contributed by atoms with van der Waals surface area (Å²) in [7, 11) is 0. The van der Waals surface area contributed by atoms with Crippen molar-refractivity contribution < 1.29 is 14.4 Å². The van der Waals surface area contributed by atoms with Crippen LogP contribution in [0.1, 0.15) is 44.5 Å². The summed E-state index contributed by atoms with van der Waals surface area (Å²) in [5.74, 6) is -0.662. The third kappa shape index (κ3) is 2.88. The molecule has 1 aliphatic heterocycles. The number of anilines is 1. The van der Waals surface area contributed by atoms with E-state index in [-0.39, 0.29) is 18.4 Å². The third-order valence-electron chi connectivity index (χ3n) is 4.82. The molecule has 2 N–H and O–H groups in total. The first-order valence-corrected chi connectivity index (χ1v) is 9.04. The number of nitrogens with one attached hydrogen (secondary N) is 2. The van der Waals surface area contributed by atoms with E-state index < -0.39 is 17.5 Å². The minimum absolute atomic E-state index is 0.0750. The van der Waals surface area contributed by atoms with Crippen LogP contribution in [0.5, 0.6) is 0 Å². The van der Waals surface area contributed by atoms with Gasteiger partial charge >= 0.3 is 6.03 Å². The van der Waals surface area contributed by atoms with Gasteiger partial charge in [-0.3, -0.25) is 19.8 Å². The maximum absolute atomic E-state index is 12.8. The smallest absolute Gasteiger partial charge is 0.323 e. The number of aryl methyl sites for hydroxylation is 1. The fourth-order valence-electron chi connectivity index (χ4n) is 3.39. The van der Waals surface area contributed by atoms with Crippen molar-refractivity contribution in [3.63, 3.8) is 0 Å². The van der Waals surface area contributed by atoms with Crippen LogP contribution >= 0.6 is 11.3 Å². The van der Waals surface area contributed by atoms with Crippen LogP contribution in [0.25, 0.3) is 0 Å². The van der Waals surface area contributed by atoms with E-state index in [9.17, 15) is 14.4 Å². The number of hydrogen-bond donors (Lipinski definition) is 2. The Morgan fingerprint density at radius 2 is 2.21 bits per heavy atom. The first kappa shape index (κ1) is 16.8. The molecular formula is C15H21N5O3S. The Labute approximate surface area is 144 Å². The van der Waals surface area contributed by atoms with Gasteiger partial charge in [-0.2, -0.15) is 0 Å². The molecule has 0 unspecified atom stereocenters. The Morgan fingerprint density at radius 3 is 2.88 bits per heavy atom. The van der Waals surface area contributed by atoms with Crippen molar-refractivity contribution in [3.8, 4) is 0 Å². The number of carbonyl (C=O) groups excluding carboxylic acids is 3. The zero-order chi connectivity index (χ0) is 17.3. The minimum Gasteiger partial charge on any atom is -0.323 e. The number of imide groups is 1. The van der Waals surface area contributed by atoms with E-state index in [4.69, 9.17) is 0 Å². The van der Waals surface area contributed by atoms with Gasteiger partial charge in [0.1, 0.15) is 17.1 Å². The van der Waals surface area contributed by atoms with Crippen LogP contribution in [0.15, 0.2) is 0 Å². The largest absolute Gasteiger partial charge is 0.325 e. The fourth-order valence-corrected chi connectivity index (χ4v) is 4.08. The second-order valence-corrected chi connectivity index (χ2v) is 7.40. The normalized spacial score (nSPS) is 26.8. The Hall–Kier alpha value is -2.03. The van der Waals surface area contributed by atoms with Crippen LogP contribution in [0, 0.1) is 5.92 Å². The molecule has 2 atom stereocenters. The van der Waals surface area contributed by atoms with Crippen molar-refractivity contribution in [2.75, 3.05) is 11.9 Å². The molecule has 0 aromatic carbocycles. The molecule has 2 fully saturated rings. The molecule has 3 rings (SSSR count). The summed E-state index contributed by atoms with van der Waals surface area (Å²) in [4.78, 5) is 38.2. The molecule has 8 nitrogen and oxygen atoms in total. The molecule has 9 heteroatoms. The number of rotatable bonds is 4. The van der Waals surface area contributed by atoms with E-state index in [0.29, 0.717) is 11.6 Å². The van der Waals surface area contributed by atoms with Gasteiger partial charge in [0.25, 0.3) is 5.91 Å². The first-order chi connectivity index (χ1) is 11.5. The minimum atomic E-state index is -0.840. The highest BCUT2D eigenvalue weighted by Crippen LogP contribution is 2.38. The number of carbonyl (C=O) groups is 3. The summed E-state index contributed by atoms with van der Waals surface area (Å²) in [6.07, 6.45) is 4.23. The average molecular weight is 351 g/mol. The summed E-state index contributed by atoms with van der Waals surface area (Å²) >= 11 is 1.28. The molecule has 1 saturated carbocycles. The molecule has 1 saturated heterocycles. The Balaban J connectivity index is 1.67. The molecule has 1 aliphatic carbocycles. The lowest BCUT2D eigenvalue weighted by atomic mass is 9.73. The number of hydrogen-bond acceptors (Lipinski definition) is 6. The van der Waals surface area contributed by atoms with E-state index in [0.717, 1.165) is 35.6 Å². The quantitative estimate of drug-likeness (QED) is 0.801. The van der Waals surface area contributed by atoms with Crippen LogP contribution in [-0.2, 0) is 16.0 Å². The van der Waals surface area contributed by atoms with Gasteiger partial charge in [0.05, 0.1) is 0 Å². The van der Waals surface area contributed by atoms with Crippen LogP contribution in [0.3, 0.4) is 0 Å². The summed E-state index contributed by atoms with van der Waals surface area (Å²) in [5, 5.41) is 14.4. The highest BCUT2D eigenvalue weighted by Gasteiger charge is 2.55. The van der Waals surface area contributed by atoms with Crippen molar-refractivity contribution in [2.24, 2.45) is 5.92 Å². The van der Waals surface area contributed by atoms with Gasteiger partial charge in [0, 0.05) is 0 Å². The van der Waals surface area contributed by atoms with Crippen LogP contribution < -0.4 is 10.6 Å². The molecule has 1 aromatic heterocycles. The standard InChI is InChI=1S/C15H21N5O3S/c1-3-11-18-19-13(24-11)16-10(21)8-20-12(22)15(17-14(20)23)7-5-4-6-9(15)2/h9H,3-8H2,1-2H3,(H,17,23)(H,16,19,21)/t9-,15+/m1/s1. The SMILES string of the molecule is CCc1nnc(NC(=O)CN2C(=O)N[C@]3(CCCC[C@H]3C)C2=O)s1. The molecule has 2 aliphatic rings. The molecule has 130 valence electrons. The lowest BCUT2D eigenvalue weighted by Crippen LogP contribution is -2.54. The van der Waals surface area contributed by atoms with E-state index in [2.05, 4.69) is 20.8 Å². The van der Waals surface area contributed by atoms with Gasteiger partial charge in [-0.1, -0.05) is 38.0 Å². The van der Waals surface area contributed by atoms with E-state index >= 15 is 0 Å². The van der Waals surface area contributed by atoms with Gasteiger partial charge in [-0.05, 0) is 25.2 Å². The first-order valence-electron chi connectivity index (χ1n) is 8.22. The maximum Gasteiger partial charge on any atom is 0.325 e. The van der Waals surface area contributed by atoms with E-state index in [1.54, 1.807) is 0 Å². The van der Waals surface area contributed by atoms with Crippen LogP contribution in [-0.4, -0.2) is 45.0 Å². The Kier molecular flexibility index (Phi) is 4.53. The second-order valence-electron chi connectivity index (χ2n) is 6.34. The molecule has 2 heterocycles.